The van der Waals surface area contributed by atoms with Gasteiger partial charge in [-0.25, -0.2) is 4.68 Å². The summed E-state index contributed by atoms with van der Waals surface area (Å²) < 4.78 is 3.71. The molecular weight excluding hydrogens is 270 g/mol. The van der Waals surface area contributed by atoms with Crippen molar-refractivity contribution in [3.63, 3.8) is 0 Å². The van der Waals surface area contributed by atoms with Crippen LogP contribution in [0.1, 0.15) is 30.9 Å². The first-order chi connectivity index (χ1) is 10.2. The normalized spacial score (nSPS) is 10.8. The van der Waals surface area contributed by atoms with Gasteiger partial charge in [-0.3, -0.25) is 9.48 Å². The number of amides is 1. The van der Waals surface area contributed by atoms with E-state index in [9.17, 15) is 4.79 Å². The summed E-state index contributed by atoms with van der Waals surface area (Å²) in [4.78, 5) is 11.1. The zero-order valence-electron chi connectivity index (χ0n) is 12.4. The van der Waals surface area contributed by atoms with Crippen LogP contribution in [-0.4, -0.2) is 37.2 Å². The molecule has 0 aliphatic carbocycles. The van der Waals surface area contributed by atoms with Crippen molar-refractivity contribution in [2.45, 2.75) is 39.9 Å². The first-order valence-electron chi connectivity index (χ1n) is 7.07. The van der Waals surface area contributed by atoms with E-state index in [2.05, 4.69) is 40.6 Å². The van der Waals surface area contributed by atoms with Crippen LogP contribution in [0.25, 0.3) is 0 Å². The molecule has 2 aromatic heterocycles. The van der Waals surface area contributed by atoms with Crippen molar-refractivity contribution < 1.29 is 4.79 Å². The summed E-state index contributed by atoms with van der Waals surface area (Å²) in [6.45, 7) is 5.89. The number of carbonyl (C=O) groups is 1. The van der Waals surface area contributed by atoms with Crippen molar-refractivity contribution in [2.24, 2.45) is 5.73 Å². The molecule has 0 unspecified atom stereocenters. The average Bonchev–Trinajstić information content (AvgIpc) is 3.11. The van der Waals surface area contributed by atoms with Gasteiger partial charge in [0.15, 0.2) is 0 Å². The Bertz CT molecular complexity index is 601. The highest BCUT2D eigenvalue weighted by Crippen LogP contribution is 2.07. The van der Waals surface area contributed by atoms with Gasteiger partial charge in [-0.2, -0.15) is 5.10 Å². The van der Waals surface area contributed by atoms with Crippen LogP contribution in [0.3, 0.4) is 0 Å². The van der Waals surface area contributed by atoms with Crippen LogP contribution >= 0.6 is 0 Å². The molecule has 2 aromatic rings. The fourth-order valence-corrected chi connectivity index (χ4v) is 2.01. The Hall–Kier alpha value is -2.22. The zero-order chi connectivity index (χ0) is 15.2. The van der Waals surface area contributed by atoms with Crippen molar-refractivity contribution in [2.75, 3.05) is 6.54 Å². The smallest absolute Gasteiger partial charge is 0.234 e. The summed E-state index contributed by atoms with van der Waals surface area (Å²) in [6.07, 6.45) is 2.73. The molecular formula is C13H21N7O. The van der Waals surface area contributed by atoms with E-state index in [1.807, 2.05) is 10.9 Å². The molecule has 1 amide bonds. The minimum absolute atomic E-state index is 0.0242. The molecule has 0 aromatic carbocycles. The Balaban J connectivity index is 2.02. The third kappa shape index (κ3) is 3.88. The van der Waals surface area contributed by atoms with Gasteiger partial charge in [-0.1, -0.05) is 12.1 Å². The van der Waals surface area contributed by atoms with E-state index >= 15 is 0 Å². The first-order valence-corrected chi connectivity index (χ1v) is 7.07. The van der Waals surface area contributed by atoms with Crippen LogP contribution < -0.4 is 11.1 Å². The lowest BCUT2D eigenvalue weighted by molar-refractivity contribution is -0.119. The first kappa shape index (κ1) is 15.2. The molecule has 3 N–H and O–H groups in total. The van der Waals surface area contributed by atoms with E-state index < -0.39 is 0 Å². The lowest BCUT2D eigenvalue weighted by Crippen LogP contribution is -2.29. The Labute approximate surface area is 123 Å². The highest BCUT2D eigenvalue weighted by atomic mass is 16.1. The van der Waals surface area contributed by atoms with E-state index in [1.54, 1.807) is 4.68 Å². The maximum Gasteiger partial charge on any atom is 0.234 e. The van der Waals surface area contributed by atoms with Gasteiger partial charge < -0.3 is 11.1 Å². The van der Waals surface area contributed by atoms with Crippen molar-refractivity contribution >= 4 is 5.91 Å². The monoisotopic (exact) mass is 291 g/mol. The van der Waals surface area contributed by atoms with Crippen LogP contribution in [0.4, 0.5) is 0 Å². The summed E-state index contributed by atoms with van der Waals surface area (Å²) in [7, 11) is 0. The highest BCUT2D eigenvalue weighted by Gasteiger charge is 2.08. The van der Waals surface area contributed by atoms with E-state index in [4.69, 9.17) is 5.73 Å². The molecule has 0 aliphatic heterocycles. The van der Waals surface area contributed by atoms with Crippen molar-refractivity contribution in [3.8, 4) is 0 Å². The second kappa shape index (κ2) is 6.98. The van der Waals surface area contributed by atoms with Crippen LogP contribution in [0.5, 0.6) is 0 Å². The predicted molar refractivity (Wildman–Crippen MR) is 77.3 cm³/mol. The molecule has 0 atom stereocenters. The van der Waals surface area contributed by atoms with Crippen molar-refractivity contribution in [1.82, 2.24) is 30.1 Å². The third-order valence-corrected chi connectivity index (χ3v) is 3.14. The molecule has 21 heavy (non-hydrogen) atoms. The number of hydrogen-bond acceptors (Lipinski definition) is 5. The van der Waals surface area contributed by atoms with Gasteiger partial charge >= 0.3 is 0 Å². The SMILES string of the molecule is CCc1cc(Cn2cc(CNC(=O)CN)nn2)n(CC)n1. The van der Waals surface area contributed by atoms with Gasteiger partial charge in [0.05, 0.1) is 37.2 Å². The molecule has 8 heteroatoms. The second-order valence-electron chi connectivity index (χ2n) is 4.68. The van der Waals surface area contributed by atoms with E-state index in [1.165, 1.54) is 0 Å². The number of nitrogens with zero attached hydrogens (tertiary/aromatic N) is 5. The summed E-state index contributed by atoms with van der Waals surface area (Å²) in [6, 6.07) is 2.08. The van der Waals surface area contributed by atoms with Crippen molar-refractivity contribution in [1.29, 1.82) is 0 Å². The molecule has 0 aliphatic rings. The fourth-order valence-electron chi connectivity index (χ4n) is 2.01. The van der Waals surface area contributed by atoms with E-state index in [0.29, 0.717) is 18.8 Å². The van der Waals surface area contributed by atoms with Gasteiger partial charge in [-0.05, 0) is 19.4 Å². The van der Waals surface area contributed by atoms with Gasteiger partial charge in [0, 0.05) is 6.54 Å². The average molecular weight is 291 g/mol. The van der Waals surface area contributed by atoms with Gasteiger partial charge in [0.25, 0.3) is 0 Å². The predicted octanol–water partition coefficient (Wildman–Crippen LogP) is -0.320. The number of nitrogens with one attached hydrogen (secondary N) is 1. The topological polar surface area (TPSA) is 104 Å². The van der Waals surface area contributed by atoms with Gasteiger partial charge in [-0.15, -0.1) is 5.10 Å². The Morgan fingerprint density at radius 2 is 2.19 bits per heavy atom. The highest BCUT2D eigenvalue weighted by molar-refractivity contribution is 5.77. The standard InChI is InChI=1S/C13H21N7O/c1-3-10-5-12(20(4-2)17-10)9-19-8-11(16-18-19)7-15-13(21)6-14/h5,8H,3-4,6-7,9,14H2,1-2H3,(H,15,21). The van der Waals surface area contributed by atoms with E-state index in [0.717, 1.165) is 24.4 Å². The Kier molecular flexibility index (Phi) is 5.04. The number of nitrogens with two attached hydrogens (primary N) is 1. The zero-order valence-corrected chi connectivity index (χ0v) is 12.4. The Morgan fingerprint density at radius 3 is 2.86 bits per heavy atom. The van der Waals surface area contributed by atoms with Crippen LogP contribution in [0.15, 0.2) is 12.3 Å². The number of aromatic nitrogens is 5. The molecule has 114 valence electrons. The molecule has 2 rings (SSSR count). The number of aryl methyl sites for hydroxylation is 2. The number of rotatable bonds is 7. The molecule has 0 saturated carbocycles. The largest absolute Gasteiger partial charge is 0.349 e. The molecule has 2 heterocycles. The van der Waals surface area contributed by atoms with Crippen LogP contribution in [0.2, 0.25) is 0 Å². The maximum atomic E-state index is 11.1. The molecule has 0 spiro atoms. The maximum absolute atomic E-state index is 11.1. The molecule has 0 radical (unpaired) electrons. The lowest BCUT2D eigenvalue weighted by Gasteiger charge is -2.03. The third-order valence-electron chi connectivity index (χ3n) is 3.14. The summed E-state index contributed by atoms with van der Waals surface area (Å²) in [5.74, 6) is -0.207. The molecule has 0 bridgehead atoms. The van der Waals surface area contributed by atoms with E-state index in [-0.39, 0.29) is 12.5 Å². The fraction of sp³-hybridized carbons (Fsp3) is 0.538. The lowest BCUT2D eigenvalue weighted by atomic mass is 10.3. The van der Waals surface area contributed by atoms with Gasteiger partial charge in [0.2, 0.25) is 5.91 Å². The summed E-state index contributed by atoms with van der Waals surface area (Å²) >= 11 is 0. The number of carbonyl (C=O) groups excluding carboxylic acids is 1. The van der Waals surface area contributed by atoms with Gasteiger partial charge in [0.1, 0.15) is 5.69 Å². The number of hydrogen-bond donors (Lipinski definition) is 2. The van der Waals surface area contributed by atoms with Crippen LogP contribution in [0, 0.1) is 0 Å². The second-order valence-corrected chi connectivity index (χ2v) is 4.68. The molecule has 8 nitrogen and oxygen atoms in total. The summed E-state index contributed by atoms with van der Waals surface area (Å²) in [5.41, 5.74) is 8.10. The van der Waals surface area contributed by atoms with Crippen LogP contribution in [-0.2, 0) is 30.8 Å². The van der Waals surface area contributed by atoms with Crippen molar-refractivity contribution in [3.05, 3.63) is 29.3 Å². The molecule has 0 fully saturated rings. The molecule has 0 saturated heterocycles. The quantitative estimate of drug-likeness (QED) is 0.727. The minimum Gasteiger partial charge on any atom is -0.349 e. The minimum atomic E-state index is -0.207. The summed E-state index contributed by atoms with van der Waals surface area (Å²) in [5, 5.41) is 15.3. The Morgan fingerprint density at radius 1 is 1.38 bits per heavy atom.